The molecular weight excluding hydrogens is 384 g/mol. The Labute approximate surface area is 190 Å². The molecule has 3 heteroatoms. The first-order valence-electron chi connectivity index (χ1n) is 12.9. The quantitative estimate of drug-likeness (QED) is 0.505. The number of aliphatic hydroxyl groups is 3. The molecule has 4 rings (SSSR count). The smallest absolute Gasteiger partial charge is 0.0757 e. The lowest BCUT2D eigenvalue weighted by Gasteiger charge is -2.59. The van der Waals surface area contributed by atoms with Crippen LogP contribution in [0.1, 0.15) is 86.0 Å². The highest BCUT2D eigenvalue weighted by atomic mass is 16.3. The summed E-state index contributed by atoms with van der Waals surface area (Å²) in [5.41, 5.74) is 2.81. The molecule has 176 valence electrons. The Morgan fingerprint density at radius 3 is 2.48 bits per heavy atom. The molecule has 3 unspecified atom stereocenters. The lowest BCUT2D eigenvalue weighted by molar-refractivity contribution is -0.0987. The van der Waals surface area contributed by atoms with E-state index in [9.17, 15) is 15.3 Å². The number of aliphatic hydroxyl groups excluding tert-OH is 3. The van der Waals surface area contributed by atoms with Crippen LogP contribution in [-0.2, 0) is 0 Å². The van der Waals surface area contributed by atoms with Crippen LogP contribution < -0.4 is 0 Å². The zero-order valence-corrected chi connectivity index (χ0v) is 20.5. The molecule has 10 atom stereocenters. The average Bonchev–Trinajstić information content (AvgIpc) is 2.97. The van der Waals surface area contributed by atoms with Crippen molar-refractivity contribution in [2.24, 2.45) is 46.3 Å². The van der Waals surface area contributed by atoms with Gasteiger partial charge in [-0.3, -0.25) is 0 Å². The van der Waals surface area contributed by atoms with Crippen LogP contribution in [0.4, 0.5) is 0 Å². The van der Waals surface area contributed by atoms with Gasteiger partial charge in [0.05, 0.1) is 18.3 Å². The molecule has 3 N–H and O–H groups in total. The molecule has 3 fully saturated rings. The van der Waals surface area contributed by atoms with E-state index in [1.165, 1.54) is 11.1 Å². The van der Waals surface area contributed by atoms with Gasteiger partial charge in [-0.25, -0.2) is 0 Å². The molecule has 0 aromatic rings. The molecular formula is C28H46O3. The summed E-state index contributed by atoms with van der Waals surface area (Å²) in [6.07, 6.45) is 9.01. The van der Waals surface area contributed by atoms with Gasteiger partial charge in [-0.2, -0.15) is 0 Å². The van der Waals surface area contributed by atoms with Crippen molar-refractivity contribution in [1.29, 1.82) is 0 Å². The van der Waals surface area contributed by atoms with Crippen LogP contribution >= 0.6 is 0 Å². The van der Waals surface area contributed by atoms with E-state index in [2.05, 4.69) is 47.3 Å². The number of rotatable bonds is 5. The molecule has 0 saturated heterocycles. The molecule has 0 aromatic carbocycles. The van der Waals surface area contributed by atoms with Crippen LogP contribution in [0, 0.1) is 46.3 Å². The zero-order valence-electron chi connectivity index (χ0n) is 20.5. The first kappa shape index (κ1) is 23.5. The second-order valence-corrected chi connectivity index (χ2v) is 12.5. The molecule has 0 aromatic heterocycles. The molecule has 0 aliphatic heterocycles. The zero-order chi connectivity index (χ0) is 22.7. The van der Waals surface area contributed by atoms with E-state index in [4.69, 9.17) is 0 Å². The lowest BCUT2D eigenvalue weighted by atomic mass is 9.46. The van der Waals surface area contributed by atoms with Gasteiger partial charge >= 0.3 is 0 Å². The van der Waals surface area contributed by atoms with Gasteiger partial charge in [0, 0.05) is 0 Å². The summed E-state index contributed by atoms with van der Waals surface area (Å²) >= 11 is 0. The van der Waals surface area contributed by atoms with Crippen molar-refractivity contribution >= 4 is 0 Å². The predicted octanol–water partition coefficient (Wildman–Crippen LogP) is 5.50. The fraction of sp³-hybridized carbons (Fsp3) is 0.857. The van der Waals surface area contributed by atoms with E-state index in [0.29, 0.717) is 29.6 Å². The first-order chi connectivity index (χ1) is 14.5. The van der Waals surface area contributed by atoms with Gasteiger partial charge in [0.25, 0.3) is 0 Å². The van der Waals surface area contributed by atoms with Crippen LogP contribution in [0.3, 0.4) is 0 Å². The van der Waals surface area contributed by atoms with Gasteiger partial charge in [-0.1, -0.05) is 58.4 Å². The third kappa shape index (κ3) is 3.77. The van der Waals surface area contributed by atoms with Crippen LogP contribution in [0.2, 0.25) is 0 Å². The summed E-state index contributed by atoms with van der Waals surface area (Å²) in [5.74, 6) is 2.36. The molecule has 4 aliphatic carbocycles. The largest absolute Gasteiger partial charge is 0.393 e. The van der Waals surface area contributed by atoms with Gasteiger partial charge in [0.2, 0.25) is 0 Å². The minimum Gasteiger partial charge on any atom is -0.393 e. The van der Waals surface area contributed by atoms with Gasteiger partial charge in [0.15, 0.2) is 0 Å². The van der Waals surface area contributed by atoms with Crippen LogP contribution in [0.15, 0.2) is 23.8 Å². The molecule has 0 spiro atoms. The highest BCUT2D eigenvalue weighted by Crippen LogP contribution is 2.67. The third-order valence-electron chi connectivity index (χ3n) is 10.6. The first-order valence-corrected chi connectivity index (χ1v) is 12.9. The molecule has 0 bridgehead atoms. The number of hydrogen-bond acceptors (Lipinski definition) is 3. The lowest BCUT2D eigenvalue weighted by Crippen LogP contribution is -2.55. The molecule has 0 heterocycles. The van der Waals surface area contributed by atoms with Crippen molar-refractivity contribution in [3.8, 4) is 0 Å². The fourth-order valence-electron chi connectivity index (χ4n) is 8.60. The van der Waals surface area contributed by atoms with Crippen molar-refractivity contribution in [1.82, 2.24) is 0 Å². The summed E-state index contributed by atoms with van der Waals surface area (Å²) in [6.45, 7) is 15.8. The second kappa shape index (κ2) is 8.29. The molecule has 31 heavy (non-hydrogen) atoms. The van der Waals surface area contributed by atoms with E-state index in [-0.39, 0.29) is 29.0 Å². The normalized spacial score (nSPS) is 47.9. The van der Waals surface area contributed by atoms with E-state index in [0.717, 1.165) is 51.4 Å². The van der Waals surface area contributed by atoms with Gasteiger partial charge in [-0.05, 0) is 97.7 Å². The van der Waals surface area contributed by atoms with E-state index < -0.39 is 6.10 Å². The van der Waals surface area contributed by atoms with Crippen molar-refractivity contribution in [3.05, 3.63) is 23.8 Å². The Hall–Kier alpha value is -0.640. The Balaban J connectivity index is 1.58. The maximum atomic E-state index is 11.3. The van der Waals surface area contributed by atoms with Crippen molar-refractivity contribution in [3.63, 3.8) is 0 Å². The van der Waals surface area contributed by atoms with Crippen LogP contribution in [-0.4, -0.2) is 33.6 Å². The summed E-state index contributed by atoms with van der Waals surface area (Å²) < 4.78 is 0. The minimum absolute atomic E-state index is 0.0933. The Kier molecular flexibility index (Phi) is 6.29. The second-order valence-electron chi connectivity index (χ2n) is 12.5. The minimum atomic E-state index is -0.440. The Morgan fingerprint density at radius 1 is 1.10 bits per heavy atom. The Morgan fingerprint density at radius 2 is 1.81 bits per heavy atom. The van der Waals surface area contributed by atoms with Gasteiger partial charge in [-0.15, -0.1) is 0 Å². The van der Waals surface area contributed by atoms with E-state index >= 15 is 0 Å². The van der Waals surface area contributed by atoms with E-state index in [1.807, 2.05) is 0 Å². The van der Waals surface area contributed by atoms with E-state index in [1.54, 1.807) is 0 Å². The molecule has 0 amide bonds. The molecule has 3 nitrogen and oxygen atoms in total. The molecule has 0 radical (unpaired) electrons. The van der Waals surface area contributed by atoms with Gasteiger partial charge in [0.1, 0.15) is 0 Å². The summed E-state index contributed by atoms with van der Waals surface area (Å²) in [7, 11) is 0. The summed E-state index contributed by atoms with van der Waals surface area (Å²) in [6, 6.07) is 0. The number of fused-ring (bicyclic) bond motifs is 5. The van der Waals surface area contributed by atoms with Crippen molar-refractivity contribution in [2.45, 2.75) is 104 Å². The SMILES string of the molecule is C=C(CC[C@@H](C)[C@H]1C(O)C[C@H]2[C@@H]3C(O)C=C4CC(O)CC[C@]4(C)[C@H]3CC[C@]12C)C(C)C. The topological polar surface area (TPSA) is 60.7 Å². The van der Waals surface area contributed by atoms with Crippen LogP contribution in [0.5, 0.6) is 0 Å². The van der Waals surface area contributed by atoms with Crippen molar-refractivity contribution in [2.75, 3.05) is 0 Å². The predicted molar refractivity (Wildman–Crippen MR) is 126 cm³/mol. The Bertz CT molecular complexity index is 726. The third-order valence-corrected chi connectivity index (χ3v) is 10.6. The number of hydrogen-bond donors (Lipinski definition) is 3. The maximum Gasteiger partial charge on any atom is 0.0757 e. The van der Waals surface area contributed by atoms with Crippen molar-refractivity contribution < 1.29 is 15.3 Å². The average molecular weight is 431 g/mol. The maximum absolute atomic E-state index is 11.3. The fourth-order valence-corrected chi connectivity index (χ4v) is 8.60. The molecule has 3 saturated carbocycles. The highest BCUT2D eigenvalue weighted by Gasteiger charge is 2.63. The summed E-state index contributed by atoms with van der Waals surface area (Å²) in [5, 5.41) is 32.8. The van der Waals surface area contributed by atoms with Gasteiger partial charge < -0.3 is 15.3 Å². The number of allylic oxidation sites excluding steroid dienone is 1. The standard InChI is InChI=1S/C28H46O3/c1-16(2)17(3)7-8-18(4)26-24(31)15-22-25-21(10-12-28(22,26)6)27(5)11-9-20(29)13-19(27)14-23(25)30/h14,16,18,20-26,29-31H,3,7-13,15H2,1-2,4-6H3/t18-,20?,21+,22+,23?,24?,25-,26+,27+,28+/m1/s1. The monoisotopic (exact) mass is 430 g/mol. The molecule has 4 aliphatic rings. The highest BCUT2D eigenvalue weighted by molar-refractivity contribution is 5.28. The van der Waals surface area contributed by atoms with Crippen LogP contribution in [0.25, 0.3) is 0 Å². The summed E-state index contributed by atoms with van der Waals surface area (Å²) in [4.78, 5) is 0.